The lowest BCUT2D eigenvalue weighted by atomic mass is 10.2. The van der Waals surface area contributed by atoms with E-state index in [4.69, 9.17) is 0 Å². The first-order valence-electron chi connectivity index (χ1n) is 6.05. The lowest BCUT2D eigenvalue weighted by Crippen LogP contribution is -2.46. The third-order valence-corrected chi connectivity index (χ3v) is 3.56. The molecule has 5 heteroatoms. The van der Waals surface area contributed by atoms with Crippen molar-refractivity contribution in [3.05, 3.63) is 0 Å². The van der Waals surface area contributed by atoms with Crippen LogP contribution in [-0.2, 0) is 4.79 Å². The van der Waals surface area contributed by atoms with Crippen molar-refractivity contribution in [1.29, 1.82) is 0 Å². The molecule has 0 aromatic heterocycles. The van der Waals surface area contributed by atoms with Gasteiger partial charge in [-0.25, -0.2) is 0 Å². The fourth-order valence-corrected chi connectivity index (χ4v) is 2.50. The summed E-state index contributed by atoms with van der Waals surface area (Å²) in [5.41, 5.74) is 0. The number of likely N-dealkylation sites (N-methyl/N-ethyl adjacent to an activating group) is 1. The first-order valence-corrected chi connectivity index (χ1v) is 6.05. The number of aliphatic hydroxyl groups excluding tert-OH is 1. The van der Waals surface area contributed by atoms with Gasteiger partial charge in [0.1, 0.15) is 0 Å². The molecule has 2 heterocycles. The highest BCUT2D eigenvalue weighted by Crippen LogP contribution is 2.11. The van der Waals surface area contributed by atoms with Crippen molar-refractivity contribution in [2.45, 2.75) is 25.0 Å². The molecule has 2 aliphatic heterocycles. The van der Waals surface area contributed by atoms with Gasteiger partial charge in [-0.15, -0.1) is 0 Å². The Labute approximate surface area is 96.4 Å². The van der Waals surface area contributed by atoms with Gasteiger partial charge in [0.25, 0.3) is 0 Å². The van der Waals surface area contributed by atoms with Crippen LogP contribution in [0.3, 0.4) is 0 Å². The van der Waals surface area contributed by atoms with E-state index in [0.717, 1.165) is 32.5 Å². The predicted molar refractivity (Wildman–Crippen MR) is 61.1 cm³/mol. The maximum Gasteiger partial charge on any atom is 0.236 e. The molecule has 16 heavy (non-hydrogen) atoms. The molecule has 5 nitrogen and oxygen atoms in total. The Kier molecular flexibility index (Phi) is 3.78. The van der Waals surface area contributed by atoms with Crippen molar-refractivity contribution in [2.75, 3.05) is 39.8 Å². The molecule has 0 aromatic rings. The molecule has 1 amide bonds. The number of amides is 1. The van der Waals surface area contributed by atoms with Crippen molar-refractivity contribution < 1.29 is 9.90 Å². The average molecular weight is 227 g/mol. The fraction of sp³-hybridized carbons (Fsp3) is 0.909. The Morgan fingerprint density at radius 2 is 2.12 bits per heavy atom. The number of rotatable bonds is 3. The molecule has 2 unspecified atom stereocenters. The molecule has 2 rings (SSSR count). The van der Waals surface area contributed by atoms with Gasteiger partial charge in [-0.05, 0) is 19.9 Å². The molecule has 2 fully saturated rings. The molecule has 0 bridgehead atoms. The standard InChI is InChI=1S/C11H21N3O2/c1-13(9-6-12-7-10(9)15)8-11(16)14-4-2-3-5-14/h9-10,12,15H,2-8H2,1H3. The Balaban J connectivity index is 1.81. The van der Waals surface area contributed by atoms with Gasteiger partial charge in [0, 0.05) is 32.2 Å². The fourth-order valence-electron chi connectivity index (χ4n) is 2.50. The van der Waals surface area contributed by atoms with E-state index in [2.05, 4.69) is 5.32 Å². The van der Waals surface area contributed by atoms with Crippen LogP contribution in [0.5, 0.6) is 0 Å². The summed E-state index contributed by atoms with van der Waals surface area (Å²) in [7, 11) is 1.91. The molecule has 0 aromatic carbocycles. The van der Waals surface area contributed by atoms with E-state index in [1.807, 2.05) is 16.8 Å². The SMILES string of the molecule is CN(CC(=O)N1CCCC1)C1CNCC1O. The monoisotopic (exact) mass is 227 g/mol. The predicted octanol–water partition coefficient (Wildman–Crippen LogP) is -1.13. The average Bonchev–Trinajstić information content (AvgIpc) is 2.86. The zero-order chi connectivity index (χ0) is 11.5. The van der Waals surface area contributed by atoms with Gasteiger partial charge in [0.2, 0.25) is 5.91 Å². The van der Waals surface area contributed by atoms with Crippen molar-refractivity contribution >= 4 is 5.91 Å². The second-order valence-electron chi connectivity index (χ2n) is 4.80. The van der Waals surface area contributed by atoms with Crippen LogP contribution in [0.4, 0.5) is 0 Å². The van der Waals surface area contributed by atoms with Gasteiger partial charge < -0.3 is 15.3 Å². The molecule has 2 aliphatic rings. The molecule has 2 N–H and O–H groups in total. The van der Waals surface area contributed by atoms with E-state index >= 15 is 0 Å². The number of carbonyl (C=O) groups is 1. The van der Waals surface area contributed by atoms with E-state index in [1.54, 1.807) is 0 Å². The van der Waals surface area contributed by atoms with E-state index in [1.165, 1.54) is 0 Å². The number of hydrogen-bond acceptors (Lipinski definition) is 4. The number of likely N-dealkylation sites (tertiary alicyclic amines) is 1. The molecule has 0 radical (unpaired) electrons. The zero-order valence-corrected chi connectivity index (χ0v) is 9.85. The van der Waals surface area contributed by atoms with Crippen molar-refractivity contribution in [1.82, 2.24) is 15.1 Å². The smallest absolute Gasteiger partial charge is 0.236 e. The highest BCUT2D eigenvalue weighted by molar-refractivity contribution is 5.78. The lowest BCUT2D eigenvalue weighted by molar-refractivity contribution is -0.131. The van der Waals surface area contributed by atoms with Crippen LogP contribution in [0, 0.1) is 0 Å². The molecule has 2 saturated heterocycles. The minimum Gasteiger partial charge on any atom is -0.390 e. The Morgan fingerprint density at radius 1 is 1.44 bits per heavy atom. The number of nitrogens with zero attached hydrogens (tertiary/aromatic N) is 2. The van der Waals surface area contributed by atoms with Crippen LogP contribution in [0.2, 0.25) is 0 Å². The summed E-state index contributed by atoms with van der Waals surface area (Å²) < 4.78 is 0. The number of aliphatic hydroxyl groups is 1. The first kappa shape index (κ1) is 11.8. The van der Waals surface area contributed by atoms with Crippen LogP contribution >= 0.6 is 0 Å². The first-order chi connectivity index (χ1) is 7.68. The lowest BCUT2D eigenvalue weighted by Gasteiger charge is -2.27. The third kappa shape index (κ3) is 2.53. The summed E-state index contributed by atoms with van der Waals surface area (Å²) in [5, 5.41) is 12.8. The molecule has 2 atom stereocenters. The van der Waals surface area contributed by atoms with Gasteiger partial charge in [-0.2, -0.15) is 0 Å². The van der Waals surface area contributed by atoms with Crippen LogP contribution in [0.1, 0.15) is 12.8 Å². The second kappa shape index (κ2) is 5.12. The normalized spacial score (nSPS) is 30.3. The maximum atomic E-state index is 11.9. The highest BCUT2D eigenvalue weighted by atomic mass is 16.3. The third-order valence-electron chi connectivity index (χ3n) is 3.56. The topological polar surface area (TPSA) is 55.8 Å². The number of β-amino-alcohol motifs (C(OH)–C–C–N with tert-alkyl or cyclic N) is 1. The summed E-state index contributed by atoms with van der Waals surface area (Å²) in [5.74, 6) is 0.194. The van der Waals surface area contributed by atoms with Gasteiger partial charge in [0.05, 0.1) is 12.6 Å². The Morgan fingerprint density at radius 3 is 2.69 bits per heavy atom. The minimum absolute atomic E-state index is 0.0755. The van der Waals surface area contributed by atoms with Crippen LogP contribution in [0.25, 0.3) is 0 Å². The van der Waals surface area contributed by atoms with Crippen LogP contribution in [0.15, 0.2) is 0 Å². The molecular formula is C11H21N3O2. The summed E-state index contributed by atoms with van der Waals surface area (Å²) in [6, 6.07) is 0.0755. The van der Waals surface area contributed by atoms with Gasteiger partial charge in [0.15, 0.2) is 0 Å². The second-order valence-corrected chi connectivity index (χ2v) is 4.80. The van der Waals surface area contributed by atoms with Crippen LogP contribution < -0.4 is 5.32 Å². The van der Waals surface area contributed by atoms with E-state index < -0.39 is 0 Å². The van der Waals surface area contributed by atoms with E-state index in [0.29, 0.717) is 13.1 Å². The van der Waals surface area contributed by atoms with E-state index in [9.17, 15) is 9.90 Å². The maximum absolute atomic E-state index is 11.9. The molecule has 0 aliphatic carbocycles. The quantitative estimate of drug-likeness (QED) is 0.641. The molecule has 0 saturated carbocycles. The van der Waals surface area contributed by atoms with Gasteiger partial charge in [-0.1, -0.05) is 0 Å². The van der Waals surface area contributed by atoms with Crippen molar-refractivity contribution in [3.8, 4) is 0 Å². The van der Waals surface area contributed by atoms with Gasteiger partial charge >= 0.3 is 0 Å². The van der Waals surface area contributed by atoms with Crippen molar-refractivity contribution in [3.63, 3.8) is 0 Å². The van der Waals surface area contributed by atoms with Crippen molar-refractivity contribution in [2.24, 2.45) is 0 Å². The van der Waals surface area contributed by atoms with E-state index in [-0.39, 0.29) is 18.1 Å². The summed E-state index contributed by atoms with van der Waals surface area (Å²) in [6.07, 6.45) is 1.91. The largest absolute Gasteiger partial charge is 0.390 e. The molecule has 92 valence electrons. The summed E-state index contributed by atoms with van der Waals surface area (Å²) in [4.78, 5) is 15.8. The molecule has 0 spiro atoms. The molecular weight excluding hydrogens is 206 g/mol. The zero-order valence-electron chi connectivity index (χ0n) is 9.85. The number of carbonyl (C=O) groups excluding carboxylic acids is 1. The number of nitrogens with one attached hydrogen (secondary N) is 1. The Hall–Kier alpha value is -0.650. The highest BCUT2D eigenvalue weighted by Gasteiger charge is 2.30. The minimum atomic E-state index is -0.351. The Bertz CT molecular complexity index is 254. The van der Waals surface area contributed by atoms with Gasteiger partial charge in [-0.3, -0.25) is 9.69 Å². The number of hydrogen-bond donors (Lipinski definition) is 2. The summed E-state index contributed by atoms with van der Waals surface area (Å²) in [6.45, 7) is 3.62. The van der Waals surface area contributed by atoms with Crippen LogP contribution in [-0.4, -0.2) is 72.7 Å². The summed E-state index contributed by atoms with van der Waals surface area (Å²) >= 11 is 0.